The van der Waals surface area contributed by atoms with E-state index in [1.807, 2.05) is 0 Å². The van der Waals surface area contributed by atoms with Gasteiger partial charge in [0.15, 0.2) is 6.17 Å². The first-order valence-corrected chi connectivity index (χ1v) is 7.25. The van der Waals surface area contributed by atoms with E-state index in [0.717, 1.165) is 0 Å². The zero-order chi connectivity index (χ0) is 16.3. The van der Waals surface area contributed by atoms with Crippen LogP contribution in [0.5, 0.6) is 5.75 Å². The third kappa shape index (κ3) is 4.47. The molecule has 2 heterocycles. The molecule has 0 spiro atoms. The van der Waals surface area contributed by atoms with Crippen molar-refractivity contribution < 1.29 is 18.7 Å². The van der Waals surface area contributed by atoms with E-state index in [1.54, 1.807) is 32.9 Å². The second kappa shape index (κ2) is 6.37. The number of likely N-dealkylation sites (tertiary alicyclic amines) is 1. The summed E-state index contributed by atoms with van der Waals surface area (Å²) in [5.74, 6) is 0.844. The molecule has 1 aromatic heterocycles. The molecule has 0 aromatic carbocycles. The van der Waals surface area contributed by atoms with Crippen LogP contribution in [0, 0.1) is 0 Å². The number of pyridine rings is 1. The van der Waals surface area contributed by atoms with Crippen molar-refractivity contribution in [3.8, 4) is 5.75 Å². The molecule has 1 aliphatic rings. The molecule has 2 N–H and O–H groups in total. The average Bonchev–Trinajstić information content (AvgIpc) is 2.41. The van der Waals surface area contributed by atoms with Crippen molar-refractivity contribution in [2.75, 3.05) is 18.8 Å². The number of alkyl halides is 1. The number of anilines is 1. The molecule has 0 aliphatic carbocycles. The van der Waals surface area contributed by atoms with E-state index in [1.165, 1.54) is 11.1 Å². The summed E-state index contributed by atoms with van der Waals surface area (Å²) in [4.78, 5) is 17.2. The largest absolute Gasteiger partial charge is 0.486 e. The number of amides is 1. The maximum atomic E-state index is 14.2. The quantitative estimate of drug-likeness (QED) is 0.907. The zero-order valence-electron chi connectivity index (χ0n) is 13.1. The standard InChI is InChI=1S/C15H22FN3O3/c1-15(2,3)22-14(20)19-7-6-12(11(16)9-19)21-10-4-5-13(17)18-8-10/h4-5,8,11-12H,6-7,9H2,1-3H3,(H2,17,18)/t11-,12+/m0/s1. The molecule has 122 valence electrons. The number of nitrogen functional groups attached to an aromatic ring is 1. The van der Waals surface area contributed by atoms with Gasteiger partial charge in [-0.1, -0.05) is 0 Å². The van der Waals surface area contributed by atoms with Gasteiger partial charge < -0.3 is 20.1 Å². The van der Waals surface area contributed by atoms with Crippen LogP contribution in [0.3, 0.4) is 0 Å². The number of aromatic nitrogens is 1. The number of ether oxygens (including phenoxy) is 2. The van der Waals surface area contributed by atoms with E-state index in [4.69, 9.17) is 15.2 Å². The number of hydrogen-bond acceptors (Lipinski definition) is 5. The van der Waals surface area contributed by atoms with Gasteiger partial charge in [0.25, 0.3) is 0 Å². The molecule has 1 aromatic rings. The molecular weight excluding hydrogens is 289 g/mol. The number of nitrogens with two attached hydrogens (primary N) is 1. The van der Waals surface area contributed by atoms with Crippen molar-refractivity contribution in [3.63, 3.8) is 0 Å². The van der Waals surface area contributed by atoms with Crippen molar-refractivity contribution in [3.05, 3.63) is 18.3 Å². The molecule has 2 atom stereocenters. The van der Waals surface area contributed by atoms with Gasteiger partial charge in [0, 0.05) is 13.0 Å². The molecule has 22 heavy (non-hydrogen) atoms. The summed E-state index contributed by atoms with van der Waals surface area (Å²) in [7, 11) is 0. The predicted molar refractivity (Wildman–Crippen MR) is 80.4 cm³/mol. The highest BCUT2D eigenvalue weighted by molar-refractivity contribution is 5.68. The molecule has 1 fully saturated rings. The number of nitrogens with zero attached hydrogens (tertiary/aromatic N) is 2. The lowest BCUT2D eigenvalue weighted by atomic mass is 10.1. The number of halogens is 1. The highest BCUT2D eigenvalue weighted by Crippen LogP contribution is 2.22. The molecule has 6 nitrogen and oxygen atoms in total. The van der Waals surface area contributed by atoms with E-state index in [-0.39, 0.29) is 6.54 Å². The Labute approximate surface area is 129 Å². The second-order valence-electron chi connectivity index (χ2n) is 6.31. The fourth-order valence-electron chi connectivity index (χ4n) is 2.14. The Morgan fingerprint density at radius 2 is 2.18 bits per heavy atom. The first-order chi connectivity index (χ1) is 10.2. The van der Waals surface area contributed by atoms with Crippen LogP contribution in [0.25, 0.3) is 0 Å². The lowest BCUT2D eigenvalue weighted by Gasteiger charge is -2.35. The van der Waals surface area contributed by atoms with Crippen LogP contribution in [0.2, 0.25) is 0 Å². The van der Waals surface area contributed by atoms with Crippen molar-refractivity contribution in [2.45, 2.75) is 45.1 Å². The summed E-state index contributed by atoms with van der Waals surface area (Å²) in [6, 6.07) is 3.24. The third-order valence-electron chi connectivity index (χ3n) is 3.18. The van der Waals surface area contributed by atoms with Crippen LogP contribution < -0.4 is 10.5 Å². The fourth-order valence-corrected chi connectivity index (χ4v) is 2.14. The normalized spacial score (nSPS) is 22.3. The average molecular weight is 311 g/mol. The molecule has 2 rings (SSSR count). The van der Waals surface area contributed by atoms with E-state index in [2.05, 4.69) is 4.98 Å². The van der Waals surface area contributed by atoms with Gasteiger partial charge in [0.05, 0.1) is 12.7 Å². The molecule has 1 aliphatic heterocycles. The van der Waals surface area contributed by atoms with Gasteiger partial charge in [0.1, 0.15) is 23.3 Å². The minimum atomic E-state index is -1.28. The number of carbonyl (C=O) groups is 1. The lowest BCUT2D eigenvalue weighted by Crippen LogP contribution is -2.50. The van der Waals surface area contributed by atoms with Crippen molar-refractivity contribution in [1.29, 1.82) is 0 Å². The summed E-state index contributed by atoms with van der Waals surface area (Å²) in [5.41, 5.74) is 4.90. The molecular formula is C15H22FN3O3. The van der Waals surface area contributed by atoms with Crippen LogP contribution in [0.15, 0.2) is 18.3 Å². The minimum Gasteiger partial charge on any atom is -0.486 e. The summed E-state index contributed by atoms with van der Waals surface area (Å²) in [5, 5.41) is 0. The Morgan fingerprint density at radius 3 is 2.73 bits per heavy atom. The fraction of sp³-hybridized carbons (Fsp3) is 0.600. The number of carbonyl (C=O) groups excluding carboxylic acids is 1. The maximum absolute atomic E-state index is 14.2. The van der Waals surface area contributed by atoms with Crippen molar-refractivity contribution in [2.24, 2.45) is 0 Å². The summed E-state index contributed by atoms with van der Waals surface area (Å²) in [6.07, 6.45) is -0.529. The molecule has 0 saturated carbocycles. The van der Waals surface area contributed by atoms with E-state index < -0.39 is 24.0 Å². The smallest absolute Gasteiger partial charge is 0.410 e. The third-order valence-corrected chi connectivity index (χ3v) is 3.18. The Bertz CT molecular complexity index is 516. The van der Waals surface area contributed by atoms with Crippen LogP contribution in [0.4, 0.5) is 15.0 Å². The maximum Gasteiger partial charge on any atom is 0.410 e. The molecule has 0 bridgehead atoms. The first-order valence-electron chi connectivity index (χ1n) is 7.25. The van der Waals surface area contributed by atoms with Gasteiger partial charge in [-0.3, -0.25) is 0 Å². The molecule has 0 radical (unpaired) electrons. The topological polar surface area (TPSA) is 77.7 Å². The molecule has 7 heteroatoms. The highest BCUT2D eigenvalue weighted by atomic mass is 19.1. The molecule has 0 unspecified atom stereocenters. The van der Waals surface area contributed by atoms with Crippen LogP contribution >= 0.6 is 0 Å². The van der Waals surface area contributed by atoms with Gasteiger partial charge in [-0.05, 0) is 32.9 Å². The summed E-state index contributed by atoms with van der Waals surface area (Å²) < 4.78 is 25.1. The van der Waals surface area contributed by atoms with Gasteiger partial charge in [-0.25, -0.2) is 14.2 Å². The number of rotatable bonds is 2. The van der Waals surface area contributed by atoms with Crippen molar-refractivity contribution in [1.82, 2.24) is 9.88 Å². The monoisotopic (exact) mass is 311 g/mol. The Morgan fingerprint density at radius 1 is 1.45 bits per heavy atom. The first kappa shape index (κ1) is 16.3. The predicted octanol–water partition coefficient (Wildman–Crippen LogP) is 2.39. The Hall–Kier alpha value is -2.05. The van der Waals surface area contributed by atoms with Crippen LogP contribution in [0.1, 0.15) is 27.2 Å². The highest BCUT2D eigenvalue weighted by Gasteiger charge is 2.34. The molecule has 1 amide bonds. The van der Waals surface area contributed by atoms with Crippen LogP contribution in [-0.2, 0) is 4.74 Å². The lowest BCUT2D eigenvalue weighted by molar-refractivity contribution is -0.0106. The van der Waals surface area contributed by atoms with Gasteiger partial charge >= 0.3 is 6.09 Å². The zero-order valence-corrected chi connectivity index (χ0v) is 13.1. The van der Waals surface area contributed by atoms with E-state index >= 15 is 0 Å². The van der Waals surface area contributed by atoms with E-state index in [0.29, 0.717) is 24.5 Å². The Balaban J connectivity index is 1.90. The Kier molecular flexibility index (Phi) is 4.73. The SMILES string of the molecule is CC(C)(C)OC(=O)N1CC[C@@H](Oc2ccc(N)nc2)[C@@H](F)C1. The summed E-state index contributed by atoms with van der Waals surface area (Å²) >= 11 is 0. The summed E-state index contributed by atoms with van der Waals surface area (Å²) in [6.45, 7) is 5.69. The van der Waals surface area contributed by atoms with Gasteiger partial charge in [-0.2, -0.15) is 0 Å². The second-order valence-corrected chi connectivity index (χ2v) is 6.31. The minimum absolute atomic E-state index is 0.0397. The van der Waals surface area contributed by atoms with E-state index in [9.17, 15) is 9.18 Å². The number of hydrogen-bond donors (Lipinski definition) is 1. The van der Waals surface area contributed by atoms with Crippen molar-refractivity contribution >= 4 is 11.9 Å². The number of piperidine rings is 1. The van der Waals surface area contributed by atoms with Gasteiger partial charge in [0.2, 0.25) is 0 Å². The molecule has 1 saturated heterocycles. The van der Waals surface area contributed by atoms with Crippen LogP contribution in [-0.4, -0.2) is 46.9 Å². The van der Waals surface area contributed by atoms with Gasteiger partial charge in [-0.15, -0.1) is 0 Å².